The minimum atomic E-state index is -0.658. The molecule has 3 aromatic rings. The van der Waals surface area contributed by atoms with Crippen molar-refractivity contribution >= 4 is 34.5 Å². The molecule has 3 N–H and O–H groups in total. The van der Waals surface area contributed by atoms with Crippen LogP contribution in [-0.2, 0) is 4.74 Å². The number of carbonyl (C=O) groups is 3. The molecule has 0 atom stereocenters. The number of ether oxygens (including phenoxy) is 1. The molecule has 4 rings (SSSR count). The molecule has 3 heterocycles. The number of esters is 1. The van der Waals surface area contributed by atoms with Crippen LogP contribution in [0.5, 0.6) is 0 Å². The van der Waals surface area contributed by atoms with Gasteiger partial charge in [-0.3, -0.25) is 24.3 Å². The number of nitrogen functional groups attached to an aromatic ring is 1. The number of benzene rings is 1. The fourth-order valence-corrected chi connectivity index (χ4v) is 3.18. The van der Waals surface area contributed by atoms with Gasteiger partial charge >= 0.3 is 5.97 Å². The zero-order valence-electron chi connectivity index (χ0n) is 14.7. The average molecular weight is 378 g/mol. The highest BCUT2D eigenvalue weighted by molar-refractivity contribution is 6.23. The first-order chi connectivity index (χ1) is 13.4. The molecular formula is C19H14N4O5. The number of nitrogens with one attached hydrogen (secondary N) is 1. The van der Waals surface area contributed by atoms with Gasteiger partial charge in [0.05, 0.1) is 28.9 Å². The van der Waals surface area contributed by atoms with Crippen LogP contribution >= 0.6 is 0 Å². The van der Waals surface area contributed by atoms with Crippen LogP contribution in [0.4, 0.5) is 5.82 Å². The molecule has 0 saturated heterocycles. The first-order valence-electron chi connectivity index (χ1n) is 8.41. The highest BCUT2D eigenvalue weighted by Crippen LogP contribution is 2.27. The van der Waals surface area contributed by atoms with Crippen molar-refractivity contribution in [3.63, 3.8) is 0 Å². The van der Waals surface area contributed by atoms with Crippen LogP contribution in [0.25, 0.3) is 16.6 Å². The SMILES string of the molecule is CCOC(=O)c1ccc2c(-n3c(N)c4c(cc3=O)C(=O)NC4=O)cccc2n1. The van der Waals surface area contributed by atoms with Gasteiger partial charge in [-0.2, -0.15) is 0 Å². The number of rotatable bonds is 3. The molecule has 9 nitrogen and oxygen atoms in total. The Kier molecular flexibility index (Phi) is 3.92. The number of nitrogens with zero attached hydrogens (tertiary/aromatic N) is 2. The maximum absolute atomic E-state index is 12.7. The Morgan fingerprint density at radius 1 is 1.18 bits per heavy atom. The minimum Gasteiger partial charge on any atom is -0.461 e. The molecule has 0 fully saturated rings. The second-order valence-electron chi connectivity index (χ2n) is 6.04. The summed E-state index contributed by atoms with van der Waals surface area (Å²) in [7, 11) is 0. The van der Waals surface area contributed by atoms with E-state index < -0.39 is 23.3 Å². The number of carbonyl (C=O) groups excluding carboxylic acids is 3. The molecule has 9 heteroatoms. The number of hydrogen-bond donors (Lipinski definition) is 2. The summed E-state index contributed by atoms with van der Waals surface area (Å²) in [6.07, 6.45) is 0. The predicted octanol–water partition coefficient (Wildman–Crippen LogP) is 1.03. The number of amides is 2. The third-order valence-electron chi connectivity index (χ3n) is 4.39. The van der Waals surface area contributed by atoms with Crippen molar-refractivity contribution in [3.05, 3.63) is 63.6 Å². The summed E-state index contributed by atoms with van der Waals surface area (Å²) < 4.78 is 6.09. The van der Waals surface area contributed by atoms with Gasteiger partial charge in [-0.25, -0.2) is 9.78 Å². The van der Waals surface area contributed by atoms with E-state index in [9.17, 15) is 19.2 Å². The van der Waals surface area contributed by atoms with E-state index in [0.29, 0.717) is 16.6 Å². The number of anilines is 1. The van der Waals surface area contributed by atoms with Crippen LogP contribution in [0, 0.1) is 0 Å². The van der Waals surface area contributed by atoms with Gasteiger partial charge < -0.3 is 10.5 Å². The standard InChI is InChI=1S/C19H14N4O5/c1-2-28-19(27)12-7-6-9-11(21-12)4-3-5-13(9)23-14(24)8-10-15(16(23)20)18(26)22-17(10)25/h3-8H,2,20H2,1H3,(H,22,25,26). The smallest absolute Gasteiger partial charge is 0.356 e. The molecule has 0 unspecified atom stereocenters. The Morgan fingerprint density at radius 2 is 1.96 bits per heavy atom. The second-order valence-corrected chi connectivity index (χ2v) is 6.04. The van der Waals surface area contributed by atoms with Crippen LogP contribution < -0.4 is 16.6 Å². The zero-order chi connectivity index (χ0) is 20.0. The summed E-state index contributed by atoms with van der Waals surface area (Å²) >= 11 is 0. The van der Waals surface area contributed by atoms with Gasteiger partial charge in [0.15, 0.2) is 0 Å². The molecule has 28 heavy (non-hydrogen) atoms. The van der Waals surface area contributed by atoms with Crippen LogP contribution in [0.1, 0.15) is 38.1 Å². The third-order valence-corrected chi connectivity index (χ3v) is 4.39. The summed E-state index contributed by atoms with van der Waals surface area (Å²) in [6.45, 7) is 1.92. The minimum absolute atomic E-state index is 0.0438. The Labute approximate surface area is 157 Å². The molecule has 0 saturated carbocycles. The Balaban J connectivity index is 1.95. The van der Waals surface area contributed by atoms with E-state index in [1.54, 1.807) is 31.2 Å². The van der Waals surface area contributed by atoms with E-state index in [2.05, 4.69) is 10.3 Å². The van der Waals surface area contributed by atoms with Crippen molar-refractivity contribution in [1.29, 1.82) is 0 Å². The van der Waals surface area contributed by atoms with Crippen molar-refractivity contribution in [2.75, 3.05) is 12.3 Å². The van der Waals surface area contributed by atoms with E-state index in [4.69, 9.17) is 10.5 Å². The molecule has 2 aromatic heterocycles. The van der Waals surface area contributed by atoms with Crippen LogP contribution in [0.3, 0.4) is 0 Å². The number of aromatic nitrogens is 2. The molecule has 1 aliphatic heterocycles. The Hall–Kier alpha value is -4.01. The van der Waals surface area contributed by atoms with Gasteiger partial charge in [0.1, 0.15) is 11.5 Å². The van der Waals surface area contributed by atoms with E-state index in [0.717, 1.165) is 10.6 Å². The highest BCUT2D eigenvalue weighted by Gasteiger charge is 2.32. The molecule has 0 radical (unpaired) electrons. The van der Waals surface area contributed by atoms with Crippen LogP contribution in [-0.4, -0.2) is 33.9 Å². The van der Waals surface area contributed by atoms with E-state index >= 15 is 0 Å². The van der Waals surface area contributed by atoms with Gasteiger partial charge in [0.2, 0.25) is 0 Å². The number of fused-ring (bicyclic) bond motifs is 2. The zero-order valence-corrected chi connectivity index (χ0v) is 14.7. The first-order valence-corrected chi connectivity index (χ1v) is 8.41. The van der Waals surface area contributed by atoms with E-state index in [-0.39, 0.29) is 29.2 Å². The lowest BCUT2D eigenvalue weighted by atomic mass is 10.1. The topological polar surface area (TPSA) is 133 Å². The first kappa shape index (κ1) is 17.4. The predicted molar refractivity (Wildman–Crippen MR) is 99.5 cm³/mol. The van der Waals surface area contributed by atoms with Crippen molar-refractivity contribution in [2.24, 2.45) is 0 Å². The van der Waals surface area contributed by atoms with E-state index in [1.807, 2.05) is 0 Å². The molecular weight excluding hydrogens is 364 g/mol. The summed E-state index contributed by atoms with van der Waals surface area (Å²) in [5, 5.41) is 2.66. The number of imide groups is 1. The van der Waals surface area contributed by atoms with Gasteiger partial charge in [-0.05, 0) is 31.2 Å². The fraction of sp³-hybridized carbons (Fsp3) is 0.105. The number of pyridine rings is 2. The Bertz CT molecular complexity index is 1250. The lowest BCUT2D eigenvalue weighted by Gasteiger charge is -2.14. The van der Waals surface area contributed by atoms with Crippen molar-refractivity contribution < 1.29 is 19.1 Å². The molecule has 1 aliphatic rings. The third kappa shape index (κ3) is 2.52. The molecule has 2 amide bonds. The monoisotopic (exact) mass is 378 g/mol. The van der Waals surface area contributed by atoms with Gasteiger partial charge in [-0.1, -0.05) is 6.07 Å². The lowest BCUT2D eigenvalue weighted by Crippen LogP contribution is -2.24. The van der Waals surface area contributed by atoms with Gasteiger partial charge in [0.25, 0.3) is 17.4 Å². The number of hydrogen-bond acceptors (Lipinski definition) is 7. The maximum atomic E-state index is 12.7. The normalized spacial score (nSPS) is 12.8. The molecule has 0 spiro atoms. The van der Waals surface area contributed by atoms with Gasteiger partial charge in [-0.15, -0.1) is 0 Å². The largest absolute Gasteiger partial charge is 0.461 e. The van der Waals surface area contributed by atoms with Gasteiger partial charge in [0, 0.05) is 11.5 Å². The Morgan fingerprint density at radius 3 is 2.71 bits per heavy atom. The molecule has 1 aromatic carbocycles. The molecule has 0 aliphatic carbocycles. The lowest BCUT2D eigenvalue weighted by molar-refractivity contribution is 0.0519. The maximum Gasteiger partial charge on any atom is 0.356 e. The van der Waals surface area contributed by atoms with Crippen LogP contribution in [0.2, 0.25) is 0 Å². The summed E-state index contributed by atoms with van der Waals surface area (Å²) in [5.41, 5.74) is 6.37. The van der Waals surface area contributed by atoms with Crippen LogP contribution in [0.15, 0.2) is 41.2 Å². The van der Waals surface area contributed by atoms with E-state index in [1.165, 1.54) is 6.07 Å². The summed E-state index contributed by atoms with van der Waals surface area (Å²) in [5.74, 6) is -2.02. The second kappa shape index (κ2) is 6.31. The summed E-state index contributed by atoms with van der Waals surface area (Å²) in [6, 6.07) is 9.12. The average Bonchev–Trinajstić information content (AvgIpc) is 2.95. The summed E-state index contributed by atoms with van der Waals surface area (Å²) in [4.78, 5) is 52.7. The fourth-order valence-electron chi connectivity index (χ4n) is 3.18. The molecule has 0 bridgehead atoms. The van der Waals surface area contributed by atoms with Crippen molar-refractivity contribution in [3.8, 4) is 5.69 Å². The number of nitrogens with two attached hydrogens (primary N) is 1. The molecule has 140 valence electrons. The van der Waals surface area contributed by atoms with Crippen molar-refractivity contribution in [1.82, 2.24) is 14.9 Å². The van der Waals surface area contributed by atoms with Crippen molar-refractivity contribution in [2.45, 2.75) is 6.92 Å². The quantitative estimate of drug-likeness (QED) is 0.513. The highest BCUT2D eigenvalue weighted by atomic mass is 16.5.